The van der Waals surface area contributed by atoms with Crippen LogP contribution in [0.5, 0.6) is 0 Å². The van der Waals surface area contributed by atoms with Crippen molar-refractivity contribution in [3.05, 3.63) is 53.5 Å². The Labute approximate surface area is 140 Å². The molecule has 0 bridgehead atoms. The molecule has 124 valence electrons. The van der Waals surface area contributed by atoms with Crippen molar-refractivity contribution >= 4 is 23.0 Å². The molecule has 3 rings (SSSR count). The summed E-state index contributed by atoms with van der Waals surface area (Å²) in [7, 11) is 0. The van der Waals surface area contributed by atoms with Crippen LogP contribution in [0.3, 0.4) is 0 Å². The normalized spacial score (nSPS) is 10.8. The Kier molecular flexibility index (Phi) is 4.46. The van der Waals surface area contributed by atoms with Gasteiger partial charge in [-0.15, -0.1) is 0 Å². The van der Waals surface area contributed by atoms with Gasteiger partial charge in [0.1, 0.15) is 11.8 Å². The third kappa shape index (κ3) is 2.82. The highest BCUT2D eigenvalue weighted by Gasteiger charge is 2.20. The molecule has 6 heteroatoms. The molecule has 0 aliphatic heterocycles. The fourth-order valence-electron chi connectivity index (χ4n) is 2.75. The molecule has 2 heterocycles. The van der Waals surface area contributed by atoms with E-state index in [1.165, 1.54) is 6.33 Å². The van der Waals surface area contributed by atoms with Crippen molar-refractivity contribution in [2.75, 3.05) is 11.9 Å². The number of aryl methyl sites for hydroxylation is 2. The third-order valence-corrected chi connectivity index (χ3v) is 3.93. The van der Waals surface area contributed by atoms with Gasteiger partial charge in [-0.05, 0) is 37.5 Å². The Morgan fingerprint density at radius 1 is 1.29 bits per heavy atom. The Morgan fingerprint density at radius 3 is 2.79 bits per heavy atom. The number of nitrogens with one attached hydrogen (secondary N) is 1. The minimum atomic E-state index is -0.332. The number of hydrogen-bond acceptors (Lipinski definition) is 5. The maximum Gasteiger partial charge on any atom is 0.340 e. The molecule has 1 aromatic carbocycles. The predicted molar refractivity (Wildman–Crippen MR) is 92.8 cm³/mol. The molecule has 3 aromatic rings. The number of benzene rings is 1. The molecule has 0 saturated heterocycles. The molecular weight excluding hydrogens is 304 g/mol. The van der Waals surface area contributed by atoms with E-state index in [9.17, 15) is 4.79 Å². The van der Waals surface area contributed by atoms with E-state index in [1.807, 2.05) is 38.1 Å². The van der Waals surface area contributed by atoms with E-state index in [1.54, 1.807) is 17.6 Å². The van der Waals surface area contributed by atoms with Crippen molar-refractivity contribution < 1.29 is 9.53 Å². The predicted octanol–water partition coefficient (Wildman–Crippen LogP) is 3.52. The molecule has 0 unspecified atom stereocenters. The average molecular weight is 324 g/mol. The van der Waals surface area contributed by atoms with Crippen LogP contribution in [-0.2, 0) is 11.2 Å². The molecule has 0 aliphatic rings. The second-order valence-electron chi connectivity index (χ2n) is 5.44. The number of rotatable bonds is 5. The number of carbonyl (C=O) groups excluding carboxylic acids is 1. The van der Waals surface area contributed by atoms with Gasteiger partial charge in [0.2, 0.25) is 0 Å². The van der Waals surface area contributed by atoms with Gasteiger partial charge in [0.15, 0.2) is 5.82 Å². The molecule has 0 atom stereocenters. The van der Waals surface area contributed by atoms with Crippen molar-refractivity contribution in [3.63, 3.8) is 0 Å². The molecule has 1 N–H and O–H groups in total. The van der Waals surface area contributed by atoms with Crippen molar-refractivity contribution in [3.8, 4) is 0 Å². The first-order valence-electron chi connectivity index (χ1n) is 8.00. The maximum atomic E-state index is 12.2. The van der Waals surface area contributed by atoms with Gasteiger partial charge in [-0.3, -0.25) is 0 Å². The van der Waals surface area contributed by atoms with Crippen LogP contribution in [0.4, 0.5) is 11.5 Å². The average Bonchev–Trinajstić information content (AvgIpc) is 2.97. The molecule has 6 nitrogen and oxygen atoms in total. The quantitative estimate of drug-likeness (QED) is 0.727. The number of aromatic nitrogens is 3. The molecule has 0 aliphatic carbocycles. The number of nitrogens with zero attached hydrogens (tertiary/aromatic N) is 3. The number of fused-ring (bicyclic) bond motifs is 1. The number of esters is 1. The lowest BCUT2D eigenvalue weighted by Crippen LogP contribution is -2.06. The maximum absolute atomic E-state index is 12.2. The zero-order valence-corrected chi connectivity index (χ0v) is 14.0. The summed E-state index contributed by atoms with van der Waals surface area (Å²) in [6, 6.07) is 7.98. The summed E-state index contributed by atoms with van der Waals surface area (Å²) in [4.78, 5) is 16.6. The van der Waals surface area contributed by atoms with Crippen molar-refractivity contribution in [1.82, 2.24) is 14.6 Å². The summed E-state index contributed by atoms with van der Waals surface area (Å²) in [5.41, 5.74) is 4.30. The highest BCUT2D eigenvalue weighted by molar-refractivity contribution is 5.95. The van der Waals surface area contributed by atoms with Crippen molar-refractivity contribution in [2.45, 2.75) is 27.2 Å². The monoisotopic (exact) mass is 324 g/mol. The van der Waals surface area contributed by atoms with Crippen LogP contribution in [0.1, 0.15) is 35.3 Å². The smallest absolute Gasteiger partial charge is 0.340 e. The molecule has 0 spiro atoms. The first kappa shape index (κ1) is 16.0. The van der Waals surface area contributed by atoms with E-state index in [-0.39, 0.29) is 5.97 Å². The van der Waals surface area contributed by atoms with E-state index in [0.717, 1.165) is 22.3 Å². The van der Waals surface area contributed by atoms with Gasteiger partial charge in [-0.2, -0.15) is 5.10 Å². The van der Waals surface area contributed by atoms with Crippen LogP contribution in [0.25, 0.3) is 5.52 Å². The van der Waals surface area contributed by atoms with Crippen LogP contribution in [0, 0.1) is 6.92 Å². The number of para-hydroxylation sites is 1. The highest BCUT2D eigenvalue weighted by atomic mass is 16.5. The molecule has 0 amide bonds. The summed E-state index contributed by atoms with van der Waals surface area (Å²) >= 11 is 0. The van der Waals surface area contributed by atoms with Gasteiger partial charge in [0.25, 0.3) is 0 Å². The van der Waals surface area contributed by atoms with E-state index < -0.39 is 0 Å². The Balaban J connectivity index is 2.12. The summed E-state index contributed by atoms with van der Waals surface area (Å²) in [6.45, 7) is 6.17. The summed E-state index contributed by atoms with van der Waals surface area (Å²) < 4.78 is 6.84. The highest BCUT2D eigenvalue weighted by Crippen LogP contribution is 2.27. The topological polar surface area (TPSA) is 68.5 Å². The fraction of sp³-hybridized carbons (Fsp3) is 0.278. The van der Waals surface area contributed by atoms with Crippen LogP contribution in [-0.4, -0.2) is 27.2 Å². The van der Waals surface area contributed by atoms with Gasteiger partial charge >= 0.3 is 5.97 Å². The van der Waals surface area contributed by atoms with Crippen LogP contribution >= 0.6 is 0 Å². The summed E-state index contributed by atoms with van der Waals surface area (Å²) in [6.07, 6.45) is 3.86. The first-order chi connectivity index (χ1) is 11.7. The number of ether oxygens (including phenoxy) is 1. The van der Waals surface area contributed by atoms with Crippen LogP contribution in [0.15, 0.2) is 36.8 Å². The first-order valence-corrected chi connectivity index (χ1v) is 8.00. The minimum absolute atomic E-state index is 0.332. The third-order valence-electron chi connectivity index (χ3n) is 3.93. The van der Waals surface area contributed by atoms with Gasteiger partial charge in [-0.1, -0.05) is 25.1 Å². The zero-order valence-electron chi connectivity index (χ0n) is 14.0. The van der Waals surface area contributed by atoms with E-state index in [0.29, 0.717) is 24.4 Å². The molecule has 0 radical (unpaired) electrons. The second-order valence-corrected chi connectivity index (χ2v) is 5.44. The van der Waals surface area contributed by atoms with Gasteiger partial charge in [-0.25, -0.2) is 14.3 Å². The number of anilines is 2. The standard InChI is InChI=1S/C18H20N4O2/c1-4-13-14(18(23)24-5-2)10-22-16(13)17(19-11-20-22)21-15-9-7-6-8-12(15)3/h6-11H,4-5H2,1-3H3,(H,19,20,21). The Hall–Kier alpha value is -2.89. The van der Waals surface area contributed by atoms with Crippen molar-refractivity contribution in [1.29, 1.82) is 0 Å². The molecule has 24 heavy (non-hydrogen) atoms. The van der Waals surface area contributed by atoms with Gasteiger partial charge in [0.05, 0.1) is 12.2 Å². The Morgan fingerprint density at radius 2 is 2.08 bits per heavy atom. The Bertz CT molecular complexity index is 886. The molecule has 2 aromatic heterocycles. The van der Waals surface area contributed by atoms with Crippen LogP contribution in [0.2, 0.25) is 0 Å². The van der Waals surface area contributed by atoms with E-state index >= 15 is 0 Å². The number of carbonyl (C=O) groups is 1. The molecule has 0 fully saturated rings. The minimum Gasteiger partial charge on any atom is -0.462 e. The van der Waals surface area contributed by atoms with Gasteiger partial charge in [0, 0.05) is 11.9 Å². The van der Waals surface area contributed by atoms with Crippen LogP contribution < -0.4 is 5.32 Å². The lowest BCUT2D eigenvalue weighted by molar-refractivity contribution is 0.0525. The SMILES string of the molecule is CCOC(=O)c1cn2ncnc(Nc3ccccc3C)c2c1CC. The lowest BCUT2D eigenvalue weighted by atomic mass is 10.1. The van der Waals surface area contributed by atoms with Gasteiger partial charge < -0.3 is 10.1 Å². The summed E-state index contributed by atoms with van der Waals surface area (Å²) in [5, 5.41) is 7.59. The molecule has 0 saturated carbocycles. The largest absolute Gasteiger partial charge is 0.462 e. The fourth-order valence-corrected chi connectivity index (χ4v) is 2.75. The number of hydrogen-bond donors (Lipinski definition) is 1. The van der Waals surface area contributed by atoms with E-state index in [4.69, 9.17) is 4.74 Å². The lowest BCUT2D eigenvalue weighted by Gasteiger charge is -2.10. The van der Waals surface area contributed by atoms with Crippen molar-refractivity contribution in [2.24, 2.45) is 0 Å². The van der Waals surface area contributed by atoms with E-state index in [2.05, 4.69) is 15.4 Å². The molecular formula is C18H20N4O2. The zero-order chi connectivity index (χ0) is 17.1. The second kappa shape index (κ2) is 6.70. The summed E-state index contributed by atoms with van der Waals surface area (Å²) in [5.74, 6) is 0.341.